The molecule has 2 fully saturated rings. The minimum absolute atomic E-state index is 0.0849. The first-order valence-electron chi connectivity index (χ1n) is 8.63. The van der Waals surface area contributed by atoms with Crippen molar-refractivity contribution in [2.24, 2.45) is 0 Å². The van der Waals surface area contributed by atoms with Gasteiger partial charge in [-0.15, -0.1) is 0 Å². The molecule has 0 spiro atoms. The Hall–Kier alpha value is -1.59. The van der Waals surface area contributed by atoms with Gasteiger partial charge in [-0.05, 0) is 30.5 Å². The van der Waals surface area contributed by atoms with E-state index in [4.69, 9.17) is 4.74 Å². The molecule has 1 aliphatic carbocycles. The van der Waals surface area contributed by atoms with Crippen LogP contribution in [0, 0.1) is 0 Å². The van der Waals surface area contributed by atoms with E-state index in [9.17, 15) is 9.90 Å². The number of morpholine rings is 1. The lowest BCUT2D eigenvalue weighted by Gasteiger charge is -2.33. The second kappa shape index (κ2) is 7.79. The van der Waals surface area contributed by atoms with E-state index in [0.29, 0.717) is 25.7 Å². The van der Waals surface area contributed by atoms with Crippen molar-refractivity contribution in [3.05, 3.63) is 29.8 Å². The maximum absolute atomic E-state index is 12.2. The summed E-state index contributed by atoms with van der Waals surface area (Å²) in [5.74, 6) is 0.367. The molecular formula is C18H26N2O3. The zero-order valence-electron chi connectivity index (χ0n) is 13.5. The van der Waals surface area contributed by atoms with Crippen molar-refractivity contribution in [1.29, 1.82) is 0 Å². The van der Waals surface area contributed by atoms with Gasteiger partial charge in [0.2, 0.25) is 5.91 Å². The number of phenolic OH excluding ortho intramolecular Hbond substituents is 1. The molecule has 126 valence electrons. The molecule has 1 saturated heterocycles. The van der Waals surface area contributed by atoms with Gasteiger partial charge in [-0.1, -0.05) is 31.4 Å². The lowest BCUT2D eigenvalue weighted by molar-refractivity contribution is -0.125. The number of ether oxygens (including phenoxy) is 1. The number of nitrogens with zero attached hydrogens (tertiary/aromatic N) is 1. The number of phenols is 1. The van der Waals surface area contributed by atoms with E-state index in [1.165, 1.54) is 19.3 Å². The van der Waals surface area contributed by atoms with Crippen molar-refractivity contribution < 1.29 is 14.6 Å². The first-order valence-corrected chi connectivity index (χ1v) is 8.63. The van der Waals surface area contributed by atoms with Gasteiger partial charge in [0.25, 0.3) is 0 Å². The Morgan fingerprint density at radius 3 is 2.91 bits per heavy atom. The number of amides is 1. The van der Waals surface area contributed by atoms with Crippen LogP contribution < -0.4 is 5.32 Å². The Kier molecular flexibility index (Phi) is 5.51. The molecule has 1 heterocycles. The summed E-state index contributed by atoms with van der Waals surface area (Å²) < 4.78 is 5.80. The summed E-state index contributed by atoms with van der Waals surface area (Å²) in [6.07, 6.45) is 5.88. The van der Waals surface area contributed by atoms with Crippen LogP contribution in [0.3, 0.4) is 0 Å². The van der Waals surface area contributed by atoms with Crippen molar-refractivity contribution in [2.75, 3.05) is 26.2 Å². The van der Waals surface area contributed by atoms with E-state index >= 15 is 0 Å². The summed E-state index contributed by atoms with van der Waals surface area (Å²) in [5, 5.41) is 12.8. The van der Waals surface area contributed by atoms with E-state index in [2.05, 4.69) is 10.2 Å². The van der Waals surface area contributed by atoms with Gasteiger partial charge < -0.3 is 15.2 Å². The number of aromatic hydroxyl groups is 1. The SMILES string of the molecule is O=C(CN1CCO[C@H](c2cccc(O)c2)C1)NC1CCCCC1. The van der Waals surface area contributed by atoms with Crippen molar-refractivity contribution in [3.8, 4) is 5.75 Å². The number of carbonyl (C=O) groups is 1. The quantitative estimate of drug-likeness (QED) is 0.893. The van der Waals surface area contributed by atoms with Gasteiger partial charge in [0, 0.05) is 19.1 Å². The van der Waals surface area contributed by atoms with Crippen molar-refractivity contribution >= 4 is 5.91 Å². The highest BCUT2D eigenvalue weighted by atomic mass is 16.5. The van der Waals surface area contributed by atoms with E-state index in [-0.39, 0.29) is 17.8 Å². The van der Waals surface area contributed by atoms with Crippen molar-refractivity contribution in [1.82, 2.24) is 10.2 Å². The Bertz CT molecular complexity index is 529. The van der Waals surface area contributed by atoms with Crippen LogP contribution in [0.25, 0.3) is 0 Å². The molecule has 5 heteroatoms. The predicted octanol–water partition coefficient (Wildman–Crippen LogP) is 2.21. The number of hydrogen-bond donors (Lipinski definition) is 2. The van der Waals surface area contributed by atoms with Gasteiger partial charge in [-0.25, -0.2) is 0 Å². The monoisotopic (exact) mass is 318 g/mol. The topological polar surface area (TPSA) is 61.8 Å². The van der Waals surface area contributed by atoms with Crippen LogP contribution in [0.1, 0.15) is 43.8 Å². The average Bonchev–Trinajstić information content (AvgIpc) is 2.56. The van der Waals surface area contributed by atoms with Gasteiger partial charge in [0.15, 0.2) is 0 Å². The lowest BCUT2D eigenvalue weighted by Crippen LogP contribution is -2.46. The van der Waals surface area contributed by atoms with Crippen LogP contribution in [-0.4, -0.2) is 48.2 Å². The molecule has 2 N–H and O–H groups in total. The van der Waals surface area contributed by atoms with E-state index in [0.717, 1.165) is 24.9 Å². The molecular weight excluding hydrogens is 292 g/mol. The number of benzene rings is 1. The maximum atomic E-state index is 12.2. The summed E-state index contributed by atoms with van der Waals surface area (Å²) in [7, 11) is 0. The second-order valence-electron chi connectivity index (χ2n) is 6.59. The van der Waals surface area contributed by atoms with Gasteiger partial charge in [-0.3, -0.25) is 9.69 Å². The van der Waals surface area contributed by atoms with E-state index < -0.39 is 0 Å². The van der Waals surface area contributed by atoms with Gasteiger partial charge in [0.1, 0.15) is 5.75 Å². The molecule has 0 unspecified atom stereocenters. The fraction of sp³-hybridized carbons (Fsp3) is 0.611. The molecule has 0 aromatic heterocycles. The highest BCUT2D eigenvalue weighted by Gasteiger charge is 2.24. The van der Waals surface area contributed by atoms with Crippen molar-refractivity contribution in [2.45, 2.75) is 44.2 Å². The van der Waals surface area contributed by atoms with Gasteiger partial charge in [0.05, 0.1) is 19.3 Å². The van der Waals surface area contributed by atoms with Crippen LogP contribution in [0.2, 0.25) is 0 Å². The molecule has 0 bridgehead atoms. The van der Waals surface area contributed by atoms with Crippen molar-refractivity contribution in [3.63, 3.8) is 0 Å². The Labute approximate surface area is 137 Å². The van der Waals surface area contributed by atoms with E-state index in [1.54, 1.807) is 12.1 Å². The fourth-order valence-corrected chi connectivity index (χ4v) is 3.50. The molecule has 1 atom stereocenters. The molecule has 1 amide bonds. The minimum atomic E-state index is -0.0849. The normalized spacial score (nSPS) is 23.6. The largest absolute Gasteiger partial charge is 0.508 e. The fourth-order valence-electron chi connectivity index (χ4n) is 3.50. The summed E-state index contributed by atoms with van der Waals surface area (Å²) in [4.78, 5) is 14.4. The highest BCUT2D eigenvalue weighted by Crippen LogP contribution is 2.25. The molecule has 0 radical (unpaired) electrons. The summed E-state index contributed by atoms with van der Waals surface area (Å²) in [6.45, 7) is 2.49. The molecule has 2 aliphatic rings. The number of hydrogen-bond acceptors (Lipinski definition) is 4. The van der Waals surface area contributed by atoms with Gasteiger partial charge in [-0.2, -0.15) is 0 Å². The summed E-state index contributed by atoms with van der Waals surface area (Å²) >= 11 is 0. The smallest absolute Gasteiger partial charge is 0.234 e. The second-order valence-corrected chi connectivity index (χ2v) is 6.59. The Morgan fingerprint density at radius 2 is 2.13 bits per heavy atom. The van der Waals surface area contributed by atoms with Crippen LogP contribution in [0.5, 0.6) is 5.75 Å². The van der Waals surface area contributed by atoms with E-state index in [1.807, 2.05) is 12.1 Å². The Morgan fingerprint density at radius 1 is 1.30 bits per heavy atom. The molecule has 1 aromatic carbocycles. The number of rotatable bonds is 4. The third kappa shape index (κ3) is 4.69. The zero-order valence-corrected chi connectivity index (χ0v) is 13.5. The summed E-state index contributed by atoms with van der Waals surface area (Å²) in [5.41, 5.74) is 0.961. The first-order chi connectivity index (χ1) is 11.2. The number of carbonyl (C=O) groups excluding carboxylic acids is 1. The molecule has 1 aromatic rings. The lowest BCUT2D eigenvalue weighted by atomic mass is 9.95. The Balaban J connectivity index is 1.51. The van der Waals surface area contributed by atoms with Crippen LogP contribution in [-0.2, 0) is 9.53 Å². The summed E-state index contributed by atoms with van der Waals surface area (Å²) in [6, 6.07) is 7.52. The predicted molar refractivity (Wildman–Crippen MR) is 88.3 cm³/mol. The zero-order chi connectivity index (χ0) is 16.1. The maximum Gasteiger partial charge on any atom is 0.234 e. The average molecular weight is 318 g/mol. The minimum Gasteiger partial charge on any atom is -0.508 e. The van der Waals surface area contributed by atoms with Crippen LogP contribution in [0.15, 0.2) is 24.3 Å². The number of nitrogens with one attached hydrogen (secondary N) is 1. The molecule has 1 saturated carbocycles. The molecule has 5 nitrogen and oxygen atoms in total. The highest BCUT2D eigenvalue weighted by molar-refractivity contribution is 5.78. The third-order valence-corrected chi connectivity index (χ3v) is 4.73. The van der Waals surface area contributed by atoms with Crippen LogP contribution in [0.4, 0.5) is 0 Å². The standard InChI is InChI=1S/C18H26N2O3/c21-16-8-4-5-14(11-16)17-12-20(9-10-23-17)13-18(22)19-15-6-2-1-3-7-15/h4-5,8,11,15,17,21H,1-3,6-7,9-10,12-13H2,(H,19,22)/t17-/m0/s1. The van der Waals surface area contributed by atoms with Crippen LogP contribution >= 0.6 is 0 Å². The van der Waals surface area contributed by atoms with Gasteiger partial charge >= 0.3 is 0 Å². The first kappa shape index (κ1) is 16.3. The molecule has 3 rings (SSSR count). The molecule has 1 aliphatic heterocycles. The molecule has 23 heavy (non-hydrogen) atoms. The third-order valence-electron chi connectivity index (χ3n) is 4.73.